The quantitative estimate of drug-likeness (QED) is 0.711. The highest BCUT2D eigenvalue weighted by atomic mass is 15.2. The minimum atomic E-state index is 0.728. The van der Waals surface area contributed by atoms with E-state index in [9.17, 15) is 0 Å². The summed E-state index contributed by atoms with van der Waals surface area (Å²) in [7, 11) is 0. The Morgan fingerprint density at radius 3 is 3.18 bits per heavy atom. The van der Waals surface area contributed by atoms with Crippen molar-refractivity contribution in [2.75, 3.05) is 11.9 Å². The summed E-state index contributed by atoms with van der Waals surface area (Å²) in [5.74, 6) is 1.02. The third-order valence-electron chi connectivity index (χ3n) is 1.94. The van der Waals surface area contributed by atoms with Crippen LogP contribution in [0.5, 0.6) is 0 Å². The van der Waals surface area contributed by atoms with Crippen molar-refractivity contribution in [1.82, 2.24) is 9.55 Å². The summed E-state index contributed by atoms with van der Waals surface area (Å²) in [5, 5.41) is 3.23. The first-order valence-corrected chi connectivity index (χ1v) is 4.18. The second-order valence-electron chi connectivity index (χ2n) is 2.92. The smallest absolute Gasteiger partial charge is 0.203 e. The Morgan fingerprint density at radius 2 is 2.55 bits per heavy atom. The fourth-order valence-corrected chi connectivity index (χ4v) is 1.26. The monoisotopic (exact) mass is 151 g/mol. The maximum atomic E-state index is 4.22. The van der Waals surface area contributed by atoms with Crippen LogP contribution >= 0.6 is 0 Å². The third-order valence-corrected chi connectivity index (χ3v) is 1.94. The molecule has 0 atom stereocenters. The van der Waals surface area contributed by atoms with Crippen LogP contribution in [-0.4, -0.2) is 16.1 Å². The van der Waals surface area contributed by atoms with E-state index in [0.29, 0.717) is 0 Å². The van der Waals surface area contributed by atoms with E-state index in [2.05, 4.69) is 28.0 Å². The zero-order valence-electron chi connectivity index (χ0n) is 6.75. The first-order valence-electron chi connectivity index (χ1n) is 4.18. The van der Waals surface area contributed by atoms with Gasteiger partial charge in [0.1, 0.15) is 0 Å². The zero-order valence-corrected chi connectivity index (χ0v) is 6.75. The molecule has 0 aromatic carbocycles. The lowest BCUT2D eigenvalue weighted by molar-refractivity contribution is 0.745. The van der Waals surface area contributed by atoms with Gasteiger partial charge < -0.3 is 9.88 Å². The average molecular weight is 151 g/mol. The normalized spacial score (nSPS) is 16.8. The van der Waals surface area contributed by atoms with Crippen LogP contribution in [-0.2, 0) is 0 Å². The van der Waals surface area contributed by atoms with Crippen molar-refractivity contribution >= 4 is 5.95 Å². The Morgan fingerprint density at radius 1 is 1.73 bits per heavy atom. The molecule has 1 fully saturated rings. The Bertz CT molecular complexity index is 237. The number of nitrogens with zero attached hydrogens (tertiary/aromatic N) is 2. The van der Waals surface area contributed by atoms with Crippen LogP contribution in [0.3, 0.4) is 0 Å². The highest BCUT2D eigenvalue weighted by Crippen LogP contribution is 2.36. The molecule has 0 aliphatic heterocycles. The van der Waals surface area contributed by atoms with E-state index >= 15 is 0 Å². The molecular formula is C8H13N3. The predicted octanol–water partition coefficient (Wildman–Crippen LogP) is 1.65. The molecule has 3 nitrogen and oxygen atoms in total. The van der Waals surface area contributed by atoms with Gasteiger partial charge in [-0.25, -0.2) is 4.98 Å². The van der Waals surface area contributed by atoms with Gasteiger partial charge in [0.2, 0.25) is 5.95 Å². The second kappa shape index (κ2) is 2.57. The van der Waals surface area contributed by atoms with Gasteiger partial charge >= 0.3 is 0 Å². The predicted molar refractivity (Wildman–Crippen MR) is 44.7 cm³/mol. The highest BCUT2D eigenvalue weighted by molar-refractivity contribution is 5.27. The molecule has 0 amide bonds. The summed E-state index contributed by atoms with van der Waals surface area (Å²) in [5.41, 5.74) is 0. The van der Waals surface area contributed by atoms with Crippen LogP contribution in [0.15, 0.2) is 12.4 Å². The van der Waals surface area contributed by atoms with Crippen molar-refractivity contribution < 1.29 is 0 Å². The van der Waals surface area contributed by atoms with Crippen molar-refractivity contribution in [2.45, 2.75) is 25.8 Å². The summed E-state index contributed by atoms with van der Waals surface area (Å²) in [6.45, 7) is 3.04. The molecule has 0 bridgehead atoms. The number of rotatable bonds is 3. The molecule has 1 aliphatic carbocycles. The van der Waals surface area contributed by atoms with E-state index in [1.807, 2.05) is 6.20 Å². The van der Waals surface area contributed by atoms with Crippen molar-refractivity contribution in [3.05, 3.63) is 12.4 Å². The van der Waals surface area contributed by atoms with Crippen LogP contribution in [0.25, 0.3) is 0 Å². The van der Waals surface area contributed by atoms with E-state index < -0.39 is 0 Å². The summed E-state index contributed by atoms with van der Waals surface area (Å²) in [6, 6.07) is 0.728. The number of nitrogens with one attached hydrogen (secondary N) is 1. The van der Waals surface area contributed by atoms with Crippen molar-refractivity contribution in [1.29, 1.82) is 0 Å². The summed E-state index contributed by atoms with van der Waals surface area (Å²) in [4.78, 5) is 4.22. The van der Waals surface area contributed by atoms with Crippen LogP contribution in [0.2, 0.25) is 0 Å². The molecule has 1 aromatic heterocycles. The molecule has 2 rings (SSSR count). The van der Waals surface area contributed by atoms with Crippen molar-refractivity contribution in [2.24, 2.45) is 0 Å². The second-order valence-corrected chi connectivity index (χ2v) is 2.92. The Kier molecular flexibility index (Phi) is 1.56. The Labute approximate surface area is 66.4 Å². The first kappa shape index (κ1) is 6.70. The number of anilines is 1. The largest absolute Gasteiger partial charge is 0.356 e. The van der Waals surface area contributed by atoms with Gasteiger partial charge in [-0.2, -0.15) is 0 Å². The van der Waals surface area contributed by atoms with Gasteiger partial charge in [-0.15, -0.1) is 0 Å². The fourth-order valence-electron chi connectivity index (χ4n) is 1.26. The molecule has 1 saturated carbocycles. The van der Waals surface area contributed by atoms with E-state index in [1.165, 1.54) is 12.8 Å². The molecule has 1 N–H and O–H groups in total. The number of hydrogen-bond acceptors (Lipinski definition) is 2. The van der Waals surface area contributed by atoms with Gasteiger partial charge in [-0.05, 0) is 19.8 Å². The molecule has 1 aliphatic rings. The molecular weight excluding hydrogens is 138 g/mol. The molecule has 11 heavy (non-hydrogen) atoms. The fraction of sp³-hybridized carbons (Fsp3) is 0.625. The van der Waals surface area contributed by atoms with E-state index in [4.69, 9.17) is 0 Å². The van der Waals surface area contributed by atoms with Gasteiger partial charge in [0.25, 0.3) is 0 Å². The van der Waals surface area contributed by atoms with E-state index in [1.54, 1.807) is 0 Å². The van der Waals surface area contributed by atoms with E-state index in [0.717, 1.165) is 18.5 Å². The van der Waals surface area contributed by atoms with Crippen molar-refractivity contribution in [3.8, 4) is 0 Å². The number of aromatic nitrogens is 2. The molecule has 0 unspecified atom stereocenters. The zero-order chi connectivity index (χ0) is 7.68. The molecule has 0 saturated heterocycles. The summed E-state index contributed by atoms with van der Waals surface area (Å²) >= 11 is 0. The molecule has 1 aromatic rings. The Hall–Kier alpha value is -0.990. The summed E-state index contributed by atoms with van der Waals surface area (Å²) < 4.78 is 2.23. The number of imidazole rings is 1. The molecule has 0 radical (unpaired) electrons. The van der Waals surface area contributed by atoms with Gasteiger partial charge in [-0.1, -0.05) is 0 Å². The van der Waals surface area contributed by atoms with E-state index in [-0.39, 0.29) is 0 Å². The maximum absolute atomic E-state index is 4.22. The van der Waals surface area contributed by atoms with Crippen molar-refractivity contribution in [3.63, 3.8) is 0 Å². The minimum absolute atomic E-state index is 0.728. The minimum Gasteiger partial charge on any atom is -0.356 e. The van der Waals surface area contributed by atoms with Crippen LogP contribution in [0.1, 0.15) is 25.8 Å². The molecule has 0 spiro atoms. The van der Waals surface area contributed by atoms with Crippen LogP contribution in [0, 0.1) is 0 Å². The van der Waals surface area contributed by atoms with Gasteiger partial charge in [0, 0.05) is 25.0 Å². The average Bonchev–Trinajstić information content (AvgIpc) is 2.75. The maximum Gasteiger partial charge on any atom is 0.203 e. The highest BCUT2D eigenvalue weighted by Gasteiger charge is 2.24. The van der Waals surface area contributed by atoms with Gasteiger partial charge in [0.05, 0.1) is 0 Å². The topological polar surface area (TPSA) is 29.9 Å². The lowest BCUT2D eigenvalue weighted by Crippen LogP contribution is -2.04. The Balaban J connectivity index is 2.16. The standard InChI is InChI=1S/C8H13N3/c1-2-9-8-10-5-6-11(8)7-3-4-7/h5-7H,2-4H2,1H3,(H,9,10). The summed E-state index contributed by atoms with van der Waals surface area (Å²) in [6.07, 6.45) is 6.54. The van der Waals surface area contributed by atoms with Crippen LogP contribution in [0.4, 0.5) is 5.95 Å². The molecule has 60 valence electrons. The number of hydrogen-bond donors (Lipinski definition) is 1. The molecule has 1 heterocycles. The van der Waals surface area contributed by atoms with Gasteiger partial charge in [0.15, 0.2) is 0 Å². The SMILES string of the molecule is CCNc1nccn1C1CC1. The lowest BCUT2D eigenvalue weighted by Gasteiger charge is -2.05. The first-order chi connectivity index (χ1) is 5.42. The van der Waals surface area contributed by atoms with Gasteiger partial charge in [-0.3, -0.25) is 0 Å². The lowest BCUT2D eigenvalue weighted by atomic mass is 10.6. The molecule has 3 heteroatoms. The third kappa shape index (κ3) is 1.23. The van der Waals surface area contributed by atoms with Crippen LogP contribution < -0.4 is 5.32 Å².